The molecule has 0 aliphatic heterocycles. The molecule has 0 bridgehead atoms. The van der Waals surface area contributed by atoms with Crippen LogP contribution in [0.25, 0.3) is 76.5 Å². The summed E-state index contributed by atoms with van der Waals surface area (Å²) in [4.78, 5) is 0. The minimum absolute atomic E-state index is 0.553. The maximum Gasteiger partial charge on any atom is 0.153 e. The maximum atomic E-state index is 9.70. The van der Waals surface area contributed by atoms with Gasteiger partial charge in [0.2, 0.25) is 0 Å². The van der Waals surface area contributed by atoms with Crippen molar-refractivity contribution in [1.82, 2.24) is 0 Å². The Balaban J connectivity index is 1.53. The zero-order valence-electron chi connectivity index (χ0n) is 21.0. The molecule has 0 aliphatic carbocycles. The van der Waals surface area contributed by atoms with Crippen molar-refractivity contribution in [3.05, 3.63) is 133 Å². The third-order valence-electron chi connectivity index (χ3n) is 7.90. The van der Waals surface area contributed by atoms with E-state index in [0.29, 0.717) is 11.1 Å². The predicted molar refractivity (Wildman–Crippen MR) is 162 cm³/mol. The number of para-hydroxylation sites is 2. The third kappa shape index (κ3) is 3.14. The van der Waals surface area contributed by atoms with Crippen LogP contribution in [0.3, 0.4) is 0 Å². The van der Waals surface area contributed by atoms with E-state index in [1.165, 1.54) is 43.4 Å². The minimum atomic E-state index is 0.553. The highest BCUT2D eigenvalue weighted by atomic mass is 16.3. The first-order chi connectivity index (χ1) is 19.3. The van der Waals surface area contributed by atoms with E-state index in [-0.39, 0.29) is 0 Å². The molecule has 1 heterocycles. The fraction of sp³-hybridized carbons (Fsp3) is 0. The van der Waals surface area contributed by atoms with Crippen LogP contribution >= 0.6 is 0 Å². The van der Waals surface area contributed by atoms with Crippen LogP contribution in [-0.2, 0) is 0 Å². The number of nitriles is 1. The van der Waals surface area contributed by atoms with E-state index in [0.717, 1.165) is 27.5 Å². The van der Waals surface area contributed by atoms with E-state index in [1.54, 1.807) is 0 Å². The number of hydrogen-bond acceptors (Lipinski definition) is 2. The van der Waals surface area contributed by atoms with E-state index < -0.39 is 0 Å². The van der Waals surface area contributed by atoms with Crippen molar-refractivity contribution in [1.29, 1.82) is 5.26 Å². The van der Waals surface area contributed by atoms with Crippen LogP contribution in [0.4, 0.5) is 0 Å². The molecule has 0 spiro atoms. The molecule has 7 aromatic carbocycles. The lowest BCUT2D eigenvalue weighted by Crippen LogP contribution is -1.89. The summed E-state index contributed by atoms with van der Waals surface area (Å²) >= 11 is 0. The fourth-order valence-electron chi connectivity index (χ4n) is 6.15. The highest BCUT2D eigenvalue weighted by Crippen LogP contribution is 2.44. The van der Waals surface area contributed by atoms with Crippen molar-refractivity contribution in [2.75, 3.05) is 0 Å². The molecule has 0 N–H and O–H groups in total. The SMILES string of the molecule is N#Cc1cccc2c1oc1c(-c3cc4c5ccccc5c(-c5ccccc5)cc4c4ccccc34)cccc12. The topological polar surface area (TPSA) is 36.9 Å². The molecule has 8 rings (SSSR count). The van der Waals surface area contributed by atoms with Gasteiger partial charge < -0.3 is 4.42 Å². The van der Waals surface area contributed by atoms with Crippen molar-refractivity contribution in [3.8, 4) is 28.3 Å². The molecule has 0 fully saturated rings. The van der Waals surface area contributed by atoms with E-state index in [9.17, 15) is 5.26 Å². The maximum absolute atomic E-state index is 9.70. The molecule has 0 aliphatic rings. The van der Waals surface area contributed by atoms with Crippen LogP contribution in [0.15, 0.2) is 132 Å². The molecular formula is C37H21NO. The molecule has 0 unspecified atom stereocenters. The van der Waals surface area contributed by atoms with Gasteiger partial charge in [0.05, 0.1) is 5.56 Å². The average molecular weight is 496 g/mol. The molecule has 0 amide bonds. The van der Waals surface area contributed by atoms with Crippen molar-refractivity contribution in [3.63, 3.8) is 0 Å². The first-order valence-electron chi connectivity index (χ1n) is 13.1. The summed E-state index contributed by atoms with van der Waals surface area (Å²) in [7, 11) is 0. The van der Waals surface area contributed by atoms with Crippen LogP contribution < -0.4 is 0 Å². The van der Waals surface area contributed by atoms with E-state index in [4.69, 9.17) is 4.42 Å². The second-order valence-corrected chi connectivity index (χ2v) is 9.98. The second kappa shape index (κ2) is 8.31. The average Bonchev–Trinajstić information content (AvgIpc) is 3.40. The lowest BCUT2D eigenvalue weighted by molar-refractivity contribution is 0.669. The van der Waals surface area contributed by atoms with Crippen molar-refractivity contribution >= 4 is 54.3 Å². The standard InChI is InChI=1S/C37H21NO/c38-22-24-12-8-17-29-30-18-9-19-31(37(30)39-36(24)29)33-21-35-26-14-5-4-13-25(26)32(23-10-2-1-3-11-23)20-34(35)28-16-7-6-15-27(28)33/h1-21H. The molecule has 0 saturated carbocycles. The molecule has 0 radical (unpaired) electrons. The van der Waals surface area contributed by atoms with Gasteiger partial charge in [-0.25, -0.2) is 0 Å². The van der Waals surface area contributed by atoms with Gasteiger partial charge in [-0.3, -0.25) is 0 Å². The van der Waals surface area contributed by atoms with Crippen molar-refractivity contribution in [2.24, 2.45) is 0 Å². The Labute approximate surface area is 225 Å². The van der Waals surface area contributed by atoms with E-state index in [2.05, 4.69) is 115 Å². The zero-order valence-corrected chi connectivity index (χ0v) is 21.0. The Kier molecular flexibility index (Phi) is 4.62. The fourth-order valence-corrected chi connectivity index (χ4v) is 6.15. The Morgan fingerprint density at radius 2 is 0.949 bits per heavy atom. The Hall–Kier alpha value is -5.39. The third-order valence-corrected chi connectivity index (χ3v) is 7.90. The summed E-state index contributed by atoms with van der Waals surface area (Å²) in [6, 6.07) is 47.0. The molecule has 1 aromatic heterocycles. The molecule has 0 saturated heterocycles. The summed E-state index contributed by atoms with van der Waals surface area (Å²) in [6.45, 7) is 0. The molecule has 0 atom stereocenters. The van der Waals surface area contributed by atoms with E-state index >= 15 is 0 Å². The largest absolute Gasteiger partial charge is 0.454 e. The van der Waals surface area contributed by atoms with E-state index in [1.807, 2.05) is 18.2 Å². The minimum Gasteiger partial charge on any atom is -0.454 e. The van der Waals surface area contributed by atoms with Gasteiger partial charge in [0, 0.05) is 16.3 Å². The first kappa shape index (κ1) is 21.7. The van der Waals surface area contributed by atoms with Gasteiger partial charge in [0.1, 0.15) is 11.7 Å². The predicted octanol–water partition coefficient (Wildman–Crippen LogP) is 10.3. The quantitative estimate of drug-likeness (QED) is 0.224. The summed E-state index contributed by atoms with van der Waals surface area (Å²) in [6.07, 6.45) is 0. The van der Waals surface area contributed by atoms with Gasteiger partial charge >= 0.3 is 0 Å². The molecule has 39 heavy (non-hydrogen) atoms. The van der Waals surface area contributed by atoms with Gasteiger partial charge in [0.15, 0.2) is 5.58 Å². The van der Waals surface area contributed by atoms with Crippen LogP contribution in [0, 0.1) is 11.3 Å². The van der Waals surface area contributed by atoms with Gasteiger partial charge in [-0.15, -0.1) is 0 Å². The highest BCUT2D eigenvalue weighted by Gasteiger charge is 2.18. The normalized spacial score (nSPS) is 11.6. The summed E-state index contributed by atoms with van der Waals surface area (Å²) in [5, 5.41) is 19.0. The van der Waals surface area contributed by atoms with Gasteiger partial charge in [-0.2, -0.15) is 5.26 Å². The smallest absolute Gasteiger partial charge is 0.153 e. The number of furan rings is 1. The van der Waals surface area contributed by atoms with Gasteiger partial charge in [0.25, 0.3) is 0 Å². The van der Waals surface area contributed by atoms with Crippen molar-refractivity contribution < 1.29 is 4.42 Å². The monoisotopic (exact) mass is 495 g/mol. The second-order valence-electron chi connectivity index (χ2n) is 9.98. The van der Waals surface area contributed by atoms with Crippen molar-refractivity contribution in [2.45, 2.75) is 0 Å². The van der Waals surface area contributed by atoms with Crippen LogP contribution in [0.1, 0.15) is 5.56 Å². The molecule has 180 valence electrons. The Morgan fingerprint density at radius 3 is 1.64 bits per heavy atom. The summed E-state index contributed by atoms with van der Waals surface area (Å²) in [5.74, 6) is 0. The van der Waals surface area contributed by atoms with Crippen LogP contribution in [0.2, 0.25) is 0 Å². The number of benzene rings is 7. The van der Waals surface area contributed by atoms with Crippen LogP contribution in [-0.4, -0.2) is 0 Å². The number of hydrogen-bond donors (Lipinski definition) is 0. The highest BCUT2D eigenvalue weighted by molar-refractivity contribution is 6.25. The number of nitrogens with zero attached hydrogens (tertiary/aromatic N) is 1. The molecular weight excluding hydrogens is 474 g/mol. The number of fused-ring (bicyclic) bond motifs is 8. The zero-order chi connectivity index (χ0) is 25.9. The molecule has 2 heteroatoms. The number of rotatable bonds is 2. The Bertz CT molecular complexity index is 2280. The summed E-state index contributed by atoms with van der Waals surface area (Å²) < 4.78 is 6.46. The molecule has 2 nitrogen and oxygen atoms in total. The summed E-state index contributed by atoms with van der Waals surface area (Å²) in [5.41, 5.74) is 6.61. The van der Waals surface area contributed by atoms with Crippen LogP contribution in [0.5, 0.6) is 0 Å². The van der Waals surface area contributed by atoms with Gasteiger partial charge in [-0.05, 0) is 67.2 Å². The lowest BCUT2D eigenvalue weighted by atomic mass is 9.87. The Morgan fingerprint density at radius 1 is 0.410 bits per heavy atom. The first-order valence-corrected chi connectivity index (χ1v) is 13.1. The molecule has 8 aromatic rings. The van der Waals surface area contributed by atoms with Gasteiger partial charge in [-0.1, -0.05) is 109 Å². The lowest BCUT2D eigenvalue weighted by Gasteiger charge is -2.16.